The molecule has 0 unspecified atom stereocenters. The molecule has 0 spiro atoms. The molecule has 0 aromatic rings. The molecule has 0 amide bonds. The molecular weight excluding hydrogens is 336 g/mol. The molecule has 2 rings (SSSR count). The maximum atomic E-state index is 10.9. The highest BCUT2D eigenvalue weighted by Gasteiger charge is 2.62. The minimum Gasteiger partial charge on any atom is -0.410 e. The molecule has 0 aliphatic carbocycles. The van der Waals surface area contributed by atoms with Crippen molar-refractivity contribution in [1.82, 2.24) is 0 Å². The van der Waals surface area contributed by atoms with E-state index < -0.39 is 25.5 Å². The molecule has 0 aromatic heterocycles. The van der Waals surface area contributed by atoms with E-state index in [0.29, 0.717) is 19.4 Å². The van der Waals surface area contributed by atoms with Crippen molar-refractivity contribution in [2.75, 3.05) is 13.2 Å². The van der Waals surface area contributed by atoms with Gasteiger partial charge in [-0.15, -0.1) is 0 Å². The van der Waals surface area contributed by atoms with Gasteiger partial charge in [0.2, 0.25) is 0 Å². The molecule has 2 aliphatic heterocycles. The molecule has 2 bridgehead atoms. The van der Waals surface area contributed by atoms with Crippen LogP contribution in [0.4, 0.5) is 0 Å². The standard InChI is InChI=1S/C19H36O5Si/c1-10-21-19-11-14(2)15(23-25(8,9)16(3,4)5)12-18(24-19,13-22-19)17(6,7)20/h15,20H,2,10-13H2,1,3-9H3/t15-,18-,19-/m0/s1. The average molecular weight is 373 g/mol. The molecule has 0 aromatic carbocycles. The lowest BCUT2D eigenvalue weighted by Crippen LogP contribution is -2.55. The maximum absolute atomic E-state index is 10.9. The smallest absolute Gasteiger partial charge is 0.287 e. The van der Waals surface area contributed by atoms with Crippen LogP contribution in [0.25, 0.3) is 0 Å². The average Bonchev–Trinajstić information content (AvgIpc) is 2.70. The van der Waals surface area contributed by atoms with Crippen LogP contribution >= 0.6 is 0 Å². The number of hydrogen-bond donors (Lipinski definition) is 1. The van der Waals surface area contributed by atoms with E-state index in [-0.39, 0.29) is 17.7 Å². The topological polar surface area (TPSA) is 57.2 Å². The van der Waals surface area contributed by atoms with Crippen molar-refractivity contribution in [2.24, 2.45) is 0 Å². The normalized spacial score (nSPS) is 34.3. The van der Waals surface area contributed by atoms with Crippen LogP contribution in [0.5, 0.6) is 0 Å². The first-order chi connectivity index (χ1) is 11.2. The molecule has 3 atom stereocenters. The molecule has 2 heterocycles. The lowest BCUT2D eigenvalue weighted by Gasteiger charge is -2.43. The Hall–Kier alpha value is -0.243. The summed E-state index contributed by atoms with van der Waals surface area (Å²) in [6.07, 6.45) is 0.743. The number of aliphatic hydroxyl groups is 1. The van der Waals surface area contributed by atoms with Gasteiger partial charge < -0.3 is 23.7 Å². The highest BCUT2D eigenvalue weighted by molar-refractivity contribution is 6.74. The molecule has 0 radical (unpaired) electrons. The first-order valence-electron chi connectivity index (χ1n) is 9.23. The van der Waals surface area contributed by atoms with Gasteiger partial charge >= 0.3 is 0 Å². The number of hydrogen-bond acceptors (Lipinski definition) is 5. The zero-order valence-electron chi connectivity index (χ0n) is 17.2. The number of ether oxygens (including phenoxy) is 3. The van der Waals surface area contributed by atoms with Crippen LogP contribution in [0.15, 0.2) is 12.2 Å². The highest BCUT2D eigenvalue weighted by Crippen LogP contribution is 2.50. The fourth-order valence-electron chi connectivity index (χ4n) is 3.16. The molecule has 2 saturated heterocycles. The predicted octanol–water partition coefficient (Wildman–Crippen LogP) is 3.97. The summed E-state index contributed by atoms with van der Waals surface area (Å²) < 4.78 is 24.7. The SMILES string of the molecule is C=C1C[C@]2(OCC)OC[C@](C(C)(C)O)(C[C@@H]1O[Si](C)(C)C(C)(C)C)O2. The van der Waals surface area contributed by atoms with Crippen molar-refractivity contribution in [3.05, 3.63) is 12.2 Å². The Morgan fingerprint density at radius 1 is 1.28 bits per heavy atom. The fraction of sp³-hybridized carbons (Fsp3) is 0.895. The van der Waals surface area contributed by atoms with E-state index in [4.69, 9.17) is 18.6 Å². The largest absolute Gasteiger partial charge is 0.410 e. The van der Waals surface area contributed by atoms with Crippen LogP contribution in [-0.4, -0.2) is 49.9 Å². The van der Waals surface area contributed by atoms with Crippen molar-refractivity contribution in [3.8, 4) is 0 Å². The van der Waals surface area contributed by atoms with Gasteiger partial charge in [-0.05, 0) is 44.5 Å². The summed E-state index contributed by atoms with van der Waals surface area (Å²) in [4.78, 5) is 0. The van der Waals surface area contributed by atoms with E-state index in [1.807, 2.05) is 6.92 Å². The van der Waals surface area contributed by atoms with Gasteiger partial charge in [0.25, 0.3) is 5.97 Å². The summed E-state index contributed by atoms with van der Waals surface area (Å²) in [5.41, 5.74) is -1.07. The lowest BCUT2D eigenvalue weighted by molar-refractivity contribution is -0.350. The summed E-state index contributed by atoms with van der Waals surface area (Å²) >= 11 is 0. The van der Waals surface area contributed by atoms with Gasteiger partial charge in [0, 0.05) is 13.0 Å². The quantitative estimate of drug-likeness (QED) is 0.584. The van der Waals surface area contributed by atoms with E-state index >= 15 is 0 Å². The third kappa shape index (κ3) is 3.89. The minimum absolute atomic E-state index is 0.0927. The summed E-state index contributed by atoms with van der Waals surface area (Å²) in [7, 11) is -2.00. The zero-order valence-corrected chi connectivity index (χ0v) is 18.2. The van der Waals surface area contributed by atoms with Crippen molar-refractivity contribution < 1.29 is 23.7 Å². The van der Waals surface area contributed by atoms with Crippen LogP contribution < -0.4 is 0 Å². The van der Waals surface area contributed by atoms with Gasteiger partial charge in [-0.1, -0.05) is 27.4 Å². The van der Waals surface area contributed by atoms with Crippen LogP contribution in [0.3, 0.4) is 0 Å². The Balaban J connectivity index is 2.37. The third-order valence-electron chi connectivity index (χ3n) is 6.01. The Labute approximate surface area is 153 Å². The molecular formula is C19H36O5Si. The van der Waals surface area contributed by atoms with Crippen LogP contribution in [-0.2, 0) is 18.6 Å². The first kappa shape index (κ1) is 21.1. The molecule has 2 aliphatic rings. The van der Waals surface area contributed by atoms with Crippen molar-refractivity contribution >= 4 is 8.32 Å². The van der Waals surface area contributed by atoms with Crippen molar-refractivity contribution in [3.63, 3.8) is 0 Å². The van der Waals surface area contributed by atoms with Gasteiger partial charge in [-0.25, -0.2) is 0 Å². The van der Waals surface area contributed by atoms with Crippen molar-refractivity contribution in [2.45, 2.75) is 95.8 Å². The lowest BCUT2D eigenvalue weighted by atomic mass is 9.81. The van der Waals surface area contributed by atoms with Crippen molar-refractivity contribution in [1.29, 1.82) is 0 Å². The summed E-state index contributed by atoms with van der Waals surface area (Å²) in [5.74, 6) is -1.17. The first-order valence-corrected chi connectivity index (χ1v) is 12.1. The molecule has 5 nitrogen and oxygen atoms in total. The summed E-state index contributed by atoms with van der Waals surface area (Å²) in [6.45, 7) is 21.5. The van der Waals surface area contributed by atoms with E-state index in [0.717, 1.165) is 5.57 Å². The Morgan fingerprint density at radius 3 is 2.36 bits per heavy atom. The van der Waals surface area contributed by atoms with E-state index in [1.165, 1.54) is 0 Å². The molecule has 146 valence electrons. The Morgan fingerprint density at radius 2 is 1.88 bits per heavy atom. The van der Waals surface area contributed by atoms with Gasteiger partial charge in [0.15, 0.2) is 8.32 Å². The fourth-order valence-corrected chi connectivity index (χ4v) is 4.47. The van der Waals surface area contributed by atoms with Crippen LogP contribution in [0, 0.1) is 0 Å². The second-order valence-corrected chi connectivity index (χ2v) is 14.2. The van der Waals surface area contributed by atoms with Gasteiger partial charge in [0.1, 0.15) is 5.60 Å². The van der Waals surface area contributed by atoms with Crippen LogP contribution in [0.1, 0.15) is 54.4 Å². The van der Waals surface area contributed by atoms with Crippen LogP contribution in [0.2, 0.25) is 18.1 Å². The second kappa shape index (κ2) is 6.43. The molecule has 1 N–H and O–H groups in total. The molecule has 6 heteroatoms. The zero-order chi connectivity index (χ0) is 19.3. The summed E-state index contributed by atoms with van der Waals surface area (Å²) in [6, 6.07) is 0. The Bertz CT molecular complexity index is 519. The van der Waals surface area contributed by atoms with E-state index in [9.17, 15) is 5.11 Å². The molecule has 25 heavy (non-hydrogen) atoms. The van der Waals surface area contributed by atoms with Gasteiger partial charge in [0.05, 0.1) is 24.7 Å². The highest BCUT2D eigenvalue weighted by atomic mass is 28.4. The third-order valence-corrected chi connectivity index (χ3v) is 10.5. The molecule has 2 fully saturated rings. The van der Waals surface area contributed by atoms with E-state index in [1.54, 1.807) is 13.8 Å². The minimum atomic E-state index is -2.00. The van der Waals surface area contributed by atoms with Gasteiger partial charge in [-0.2, -0.15) is 0 Å². The number of fused-ring (bicyclic) bond motifs is 2. The van der Waals surface area contributed by atoms with E-state index in [2.05, 4.69) is 40.4 Å². The monoisotopic (exact) mass is 372 g/mol. The number of rotatable bonds is 5. The second-order valence-electron chi connectivity index (χ2n) is 9.47. The molecule has 0 saturated carbocycles. The summed E-state index contributed by atoms with van der Waals surface area (Å²) in [5, 5.41) is 10.9. The Kier molecular flexibility index (Phi) is 5.41. The maximum Gasteiger partial charge on any atom is 0.287 e. The van der Waals surface area contributed by atoms with Gasteiger partial charge in [-0.3, -0.25) is 0 Å². The predicted molar refractivity (Wildman–Crippen MR) is 101 cm³/mol.